The Morgan fingerprint density at radius 1 is 1.41 bits per heavy atom. The first-order chi connectivity index (χ1) is 13.0. The van der Waals surface area contributed by atoms with Gasteiger partial charge >= 0.3 is 0 Å². The standard InChI is InChI=1S/C18H26N4O4S/c1-13(14-3-4-16(25-2)15(11-14)12-17(23)24)20-21-18(27)19-5-6-22-7-9-26-10-8-22/h3-4,11H,5-10,12H2,1-2H3,(H,23,24)(H2,19,21,27)/b20-13-. The van der Waals surface area contributed by atoms with Crippen LogP contribution in [0.25, 0.3) is 0 Å². The molecule has 1 saturated heterocycles. The van der Waals surface area contributed by atoms with Crippen LogP contribution < -0.4 is 25.5 Å². The maximum Gasteiger partial charge on any atom is 0.187 e. The zero-order valence-electron chi connectivity index (χ0n) is 15.7. The molecule has 1 aromatic carbocycles. The first kappa shape index (κ1) is 21.1. The Hall–Kier alpha value is -2.23. The van der Waals surface area contributed by atoms with E-state index in [1.165, 1.54) is 12.0 Å². The van der Waals surface area contributed by atoms with E-state index in [1.54, 1.807) is 12.1 Å². The van der Waals surface area contributed by atoms with Gasteiger partial charge in [-0.2, -0.15) is 5.10 Å². The minimum absolute atomic E-state index is 0.221. The van der Waals surface area contributed by atoms with Crippen LogP contribution in [0.3, 0.4) is 0 Å². The molecule has 2 rings (SSSR count). The van der Waals surface area contributed by atoms with Crippen LogP contribution >= 0.6 is 12.2 Å². The average Bonchev–Trinajstić information content (AvgIpc) is 2.66. The molecule has 27 heavy (non-hydrogen) atoms. The minimum Gasteiger partial charge on any atom is -0.550 e. The number of hydrogen-bond acceptors (Lipinski definition) is 6. The number of carbonyl (C=O) groups is 1. The van der Waals surface area contributed by atoms with Gasteiger partial charge in [-0.1, -0.05) is 0 Å². The number of hydrazone groups is 1. The van der Waals surface area contributed by atoms with Gasteiger partial charge in [0.15, 0.2) is 5.11 Å². The number of carbonyl (C=O) groups excluding carboxylic acids is 1. The van der Waals surface area contributed by atoms with Crippen molar-refractivity contribution < 1.29 is 24.3 Å². The van der Waals surface area contributed by atoms with Gasteiger partial charge in [0, 0.05) is 18.0 Å². The highest BCUT2D eigenvalue weighted by molar-refractivity contribution is 7.80. The fraction of sp³-hybridized carbons (Fsp3) is 0.500. The number of rotatable bonds is 8. The third-order valence-electron chi connectivity index (χ3n) is 4.32. The summed E-state index contributed by atoms with van der Waals surface area (Å²) in [7, 11) is 1.50. The largest absolute Gasteiger partial charge is 0.550 e. The van der Waals surface area contributed by atoms with Crippen molar-refractivity contribution in [1.29, 1.82) is 0 Å². The Bertz CT molecular complexity index is 690. The fourth-order valence-electron chi connectivity index (χ4n) is 2.80. The minimum atomic E-state index is -1.16. The summed E-state index contributed by atoms with van der Waals surface area (Å²) in [5.74, 6) is -0.655. The van der Waals surface area contributed by atoms with E-state index in [-0.39, 0.29) is 6.42 Å². The topological polar surface area (TPSA) is 99.4 Å². The average molecular weight is 394 g/mol. The molecule has 1 fully saturated rings. The van der Waals surface area contributed by atoms with E-state index < -0.39 is 5.97 Å². The van der Waals surface area contributed by atoms with E-state index >= 15 is 0 Å². The predicted molar refractivity (Wildman–Crippen MR) is 104 cm³/mol. The lowest BCUT2D eigenvalue weighted by Crippen LogP contribution is -3.14. The smallest absolute Gasteiger partial charge is 0.187 e. The Kier molecular flexibility index (Phi) is 8.43. The molecule has 1 aromatic rings. The van der Waals surface area contributed by atoms with Crippen LogP contribution in [-0.4, -0.2) is 63.3 Å². The molecule has 0 bridgehead atoms. The maximum absolute atomic E-state index is 10.9. The molecule has 0 spiro atoms. The number of morpholine rings is 1. The lowest BCUT2D eigenvalue weighted by atomic mass is 10.0. The lowest BCUT2D eigenvalue weighted by molar-refractivity contribution is -0.906. The molecule has 3 N–H and O–H groups in total. The number of ether oxygens (including phenoxy) is 2. The molecule has 0 saturated carbocycles. The molecular weight excluding hydrogens is 368 g/mol. The number of thiocarbonyl (C=S) groups is 1. The summed E-state index contributed by atoms with van der Waals surface area (Å²) in [6.07, 6.45) is -0.221. The zero-order valence-corrected chi connectivity index (χ0v) is 16.5. The number of nitrogens with one attached hydrogen (secondary N) is 3. The molecule has 1 aliphatic rings. The molecule has 1 aliphatic heterocycles. The molecule has 1 heterocycles. The number of hydrogen-bond donors (Lipinski definition) is 3. The molecule has 0 amide bonds. The Balaban J connectivity index is 1.86. The number of aliphatic carboxylic acids is 1. The van der Waals surface area contributed by atoms with Crippen molar-refractivity contribution in [2.24, 2.45) is 5.10 Å². The highest BCUT2D eigenvalue weighted by Crippen LogP contribution is 2.20. The van der Waals surface area contributed by atoms with E-state index in [0.717, 1.165) is 45.0 Å². The SMILES string of the molecule is COc1ccc(/C(C)=N\NC(=S)NCC[NH+]2CCOCC2)cc1CC(=O)[O-]. The van der Waals surface area contributed by atoms with E-state index in [4.69, 9.17) is 21.7 Å². The summed E-state index contributed by atoms with van der Waals surface area (Å²) in [4.78, 5) is 12.4. The predicted octanol–water partition coefficient (Wildman–Crippen LogP) is -1.91. The molecule has 0 aromatic heterocycles. The number of nitrogens with zero attached hydrogens (tertiary/aromatic N) is 1. The monoisotopic (exact) mass is 394 g/mol. The molecule has 148 valence electrons. The summed E-state index contributed by atoms with van der Waals surface area (Å²) in [6, 6.07) is 5.26. The molecule has 0 unspecified atom stereocenters. The summed E-state index contributed by atoms with van der Waals surface area (Å²) in [5.41, 5.74) is 4.82. The van der Waals surface area contributed by atoms with Crippen LogP contribution in [0, 0.1) is 0 Å². The molecular formula is C18H26N4O4S. The third kappa shape index (κ3) is 7.12. The molecule has 0 atom stereocenters. The second-order valence-corrected chi connectivity index (χ2v) is 6.66. The third-order valence-corrected chi connectivity index (χ3v) is 4.56. The van der Waals surface area contributed by atoms with E-state index in [1.807, 2.05) is 13.0 Å². The van der Waals surface area contributed by atoms with Crippen LogP contribution in [0.1, 0.15) is 18.1 Å². The normalized spacial score (nSPS) is 15.3. The second-order valence-electron chi connectivity index (χ2n) is 6.25. The number of benzene rings is 1. The molecule has 9 heteroatoms. The number of methoxy groups -OCH3 is 1. The maximum atomic E-state index is 10.9. The summed E-state index contributed by atoms with van der Waals surface area (Å²) in [6.45, 7) is 7.20. The van der Waals surface area contributed by atoms with Crippen molar-refractivity contribution in [2.45, 2.75) is 13.3 Å². The quantitative estimate of drug-likeness (QED) is 0.269. The van der Waals surface area contributed by atoms with Crippen LogP contribution in [0.4, 0.5) is 0 Å². The van der Waals surface area contributed by atoms with Crippen molar-refractivity contribution in [1.82, 2.24) is 10.7 Å². The van der Waals surface area contributed by atoms with Gasteiger partial charge in [-0.15, -0.1) is 0 Å². The van der Waals surface area contributed by atoms with Gasteiger partial charge in [0.25, 0.3) is 0 Å². The van der Waals surface area contributed by atoms with Gasteiger partial charge in [-0.3, -0.25) is 5.43 Å². The molecule has 8 nitrogen and oxygen atoms in total. The van der Waals surface area contributed by atoms with Crippen molar-refractivity contribution in [3.63, 3.8) is 0 Å². The van der Waals surface area contributed by atoms with Gasteiger partial charge in [0.2, 0.25) is 0 Å². The Morgan fingerprint density at radius 2 is 2.15 bits per heavy atom. The van der Waals surface area contributed by atoms with E-state index in [0.29, 0.717) is 22.1 Å². The Morgan fingerprint density at radius 3 is 2.81 bits per heavy atom. The van der Waals surface area contributed by atoms with Gasteiger partial charge < -0.3 is 29.6 Å². The zero-order chi connectivity index (χ0) is 19.6. The van der Waals surface area contributed by atoms with Crippen molar-refractivity contribution in [2.75, 3.05) is 46.5 Å². The van der Waals surface area contributed by atoms with Crippen molar-refractivity contribution >= 4 is 29.0 Å². The summed E-state index contributed by atoms with van der Waals surface area (Å²) in [5, 5.41) is 18.8. The van der Waals surface area contributed by atoms with Crippen molar-refractivity contribution in [3.05, 3.63) is 29.3 Å². The number of carboxylic acids is 1. The number of carboxylic acid groups (broad SMARTS) is 1. The first-order valence-electron chi connectivity index (χ1n) is 8.86. The van der Waals surface area contributed by atoms with Gasteiger partial charge in [0.1, 0.15) is 18.8 Å². The summed E-state index contributed by atoms with van der Waals surface area (Å²) >= 11 is 5.24. The first-order valence-corrected chi connectivity index (χ1v) is 9.27. The van der Waals surface area contributed by atoms with Gasteiger partial charge in [0.05, 0.1) is 39.1 Å². The van der Waals surface area contributed by atoms with Gasteiger partial charge in [-0.25, -0.2) is 0 Å². The summed E-state index contributed by atoms with van der Waals surface area (Å²) < 4.78 is 10.5. The van der Waals surface area contributed by atoms with Crippen molar-refractivity contribution in [3.8, 4) is 5.75 Å². The second kappa shape index (κ2) is 10.8. The highest BCUT2D eigenvalue weighted by Gasteiger charge is 2.13. The number of quaternary nitrogens is 1. The highest BCUT2D eigenvalue weighted by atomic mass is 32.1. The van der Waals surface area contributed by atoms with E-state index in [9.17, 15) is 9.90 Å². The fourth-order valence-corrected chi connectivity index (χ4v) is 2.95. The van der Waals surface area contributed by atoms with Crippen LogP contribution in [-0.2, 0) is 16.0 Å². The molecule has 0 radical (unpaired) electrons. The van der Waals surface area contributed by atoms with Gasteiger partial charge in [-0.05, 0) is 42.9 Å². The lowest BCUT2D eigenvalue weighted by Gasteiger charge is -2.23. The van der Waals surface area contributed by atoms with Crippen LogP contribution in [0.5, 0.6) is 5.75 Å². The van der Waals surface area contributed by atoms with E-state index in [2.05, 4.69) is 15.8 Å². The molecule has 0 aliphatic carbocycles. The Labute approximate surface area is 164 Å². The van der Waals surface area contributed by atoms with Crippen LogP contribution in [0.2, 0.25) is 0 Å². The van der Waals surface area contributed by atoms with Crippen LogP contribution in [0.15, 0.2) is 23.3 Å².